The second-order valence-corrected chi connectivity index (χ2v) is 3.53. The summed E-state index contributed by atoms with van der Waals surface area (Å²) in [6.45, 7) is 1.31. The molecule has 1 aliphatic heterocycles. The molecule has 0 radical (unpaired) electrons. The van der Waals surface area contributed by atoms with Gasteiger partial charge in [-0.05, 0) is 17.7 Å². The van der Waals surface area contributed by atoms with Crippen LogP contribution in [0, 0.1) is 0 Å². The molecule has 0 unspecified atom stereocenters. The topological polar surface area (TPSA) is 58.9 Å². The lowest BCUT2D eigenvalue weighted by molar-refractivity contribution is 0.297. The molecule has 0 spiro atoms. The summed E-state index contributed by atoms with van der Waals surface area (Å²) in [5.74, 6) is 2.73. The van der Waals surface area contributed by atoms with Gasteiger partial charge in [0.1, 0.15) is 0 Å². The largest absolute Gasteiger partial charge is 0.490 e. The van der Waals surface area contributed by atoms with Crippen LogP contribution in [0.2, 0.25) is 0 Å². The first-order valence-corrected chi connectivity index (χ1v) is 5.20. The molecule has 0 aromatic heterocycles. The minimum atomic E-state index is -1.43. The van der Waals surface area contributed by atoms with Crippen molar-refractivity contribution in [3.63, 3.8) is 0 Å². The number of hydrogen-bond acceptors (Lipinski definition) is 4. The molecule has 0 bridgehead atoms. The molecule has 84 valence electrons. The van der Waals surface area contributed by atoms with Gasteiger partial charge in [-0.2, -0.15) is 0 Å². The fourth-order valence-corrected chi connectivity index (χ4v) is 1.48. The number of hydrogen-bond donors (Lipinski definition) is 2. The van der Waals surface area contributed by atoms with Crippen molar-refractivity contribution < 1.29 is 19.5 Å². The lowest BCUT2D eigenvalue weighted by atomic mass is 9.91. The van der Waals surface area contributed by atoms with E-state index in [1.807, 2.05) is 18.2 Å². The molecular weight excluding hydrogens is 207 g/mol. The van der Waals surface area contributed by atoms with Gasteiger partial charge in [-0.3, -0.25) is 0 Å². The van der Waals surface area contributed by atoms with Crippen LogP contribution in [0.1, 0.15) is 12.0 Å². The molecule has 0 saturated carbocycles. The Morgan fingerprint density at radius 2 is 1.88 bits per heavy atom. The van der Waals surface area contributed by atoms with E-state index >= 15 is 0 Å². The highest BCUT2D eigenvalue weighted by Gasteiger charge is 2.09. The van der Waals surface area contributed by atoms with Crippen molar-refractivity contribution in [2.45, 2.75) is 6.42 Å². The van der Waals surface area contributed by atoms with Crippen LogP contribution in [0.4, 0.5) is 0 Å². The summed E-state index contributed by atoms with van der Waals surface area (Å²) in [6, 6.07) is 5.48. The maximum Gasteiger partial charge on any atom is 0.480 e. The van der Waals surface area contributed by atoms with Crippen LogP contribution in [0.25, 0.3) is 6.08 Å². The molecule has 1 heterocycles. The molecule has 2 rings (SSSR count). The van der Waals surface area contributed by atoms with E-state index in [1.165, 1.54) is 5.98 Å². The Morgan fingerprint density at radius 3 is 2.62 bits per heavy atom. The molecule has 4 nitrogen and oxygen atoms in total. The zero-order valence-corrected chi connectivity index (χ0v) is 8.80. The van der Waals surface area contributed by atoms with Crippen molar-refractivity contribution in [3.8, 4) is 11.5 Å². The number of ether oxygens (including phenoxy) is 2. The van der Waals surface area contributed by atoms with Crippen molar-refractivity contribution in [1.29, 1.82) is 0 Å². The summed E-state index contributed by atoms with van der Waals surface area (Å²) < 4.78 is 11.0. The van der Waals surface area contributed by atoms with E-state index < -0.39 is 7.12 Å². The Hall–Kier alpha value is -1.46. The van der Waals surface area contributed by atoms with Gasteiger partial charge < -0.3 is 19.5 Å². The number of fused-ring (bicyclic) bond motifs is 1. The lowest BCUT2D eigenvalue weighted by Crippen LogP contribution is -2.05. The van der Waals surface area contributed by atoms with Gasteiger partial charge in [-0.1, -0.05) is 18.1 Å². The van der Waals surface area contributed by atoms with Gasteiger partial charge in [-0.25, -0.2) is 0 Å². The van der Waals surface area contributed by atoms with Crippen molar-refractivity contribution in [2.75, 3.05) is 13.2 Å². The summed E-state index contributed by atoms with van der Waals surface area (Å²) in [5, 5.41) is 17.4. The Morgan fingerprint density at radius 1 is 1.12 bits per heavy atom. The van der Waals surface area contributed by atoms with Gasteiger partial charge in [0.05, 0.1) is 13.2 Å². The SMILES string of the molecule is OB(O)/C=C/c1ccc2c(c1)OCCCO2. The molecule has 0 atom stereocenters. The van der Waals surface area contributed by atoms with Gasteiger partial charge >= 0.3 is 7.12 Å². The van der Waals surface area contributed by atoms with Crippen LogP contribution >= 0.6 is 0 Å². The summed E-state index contributed by atoms with van der Waals surface area (Å²) in [5.41, 5.74) is 0.845. The number of rotatable bonds is 2. The smallest absolute Gasteiger partial charge is 0.480 e. The van der Waals surface area contributed by atoms with E-state index in [1.54, 1.807) is 6.08 Å². The van der Waals surface area contributed by atoms with Gasteiger partial charge in [-0.15, -0.1) is 0 Å². The summed E-state index contributed by atoms with van der Waals surface area (Å²) in [7, 11) is -1.43. The molecule has 0 saturated heterocycles. The highest BCUT2D eigenvalue weighted by molar-refractivity contribution is 6.48. The van der Waals surface area contributed by atoms with Gasteiger partial charge in [0.2, 0.25) is 0 Å². The Balaban J connectivity index is 2.20. The fraction of sp³-hybridized carbons (Fsp3) is 0.273. The standard InChI is InChI=1S/C11H13BO4/c13-12(14)5-4-9-2-3-10-11(8-9)16-7-1-6-15-10/h2-5,8,13-14H,1,6-7H2/b5-4+. The first kappa shape index (κ1) is 11.0. The van der Waals surface area contributed by atoms with Gasteiger partial charge in [0.15, 0.2) is 11.5 Å². The second-order valence-electron chi connectivity index (χ2n) is 3.53. The zero-order chi connectivity index (χ0) is 11.4. The third-order valence-corrected chi connectivity index (χ3v) is 2.23. The minimum absolute atomic E-state index is 0.642. The minimum Gasteiger partial charge on any atom is -0.490 e. The first-order valence-electron chi connectivity index (χ1n) is 5.20. The van der Waals surface area contributed by atoms with Crippen LogP contribution in [0.3, 0.4) is 0 Å². The Labute approximate surface area is 94.3 Å². The fourth-order valence-electron chi connectivity index (χ4n) is 1.48. The quantitative estimate of drug-likeness (QED) is 0.726. The molecule has 0 aliphatic carbocycles. The number of benzene rings is 1. The molecule has 1 aromatic rings. The molecule has 5 heteroatoms. The highest BCUT2D eigenvalue weighted by Crippen LogP contribution is 2.30. The highest BCUT2D eigenvalue weighted by atomic mass is 16.5. The Bertz CT molecular complexity index is 390. The van der Waals surface area contributed by atoms with E-state index in [9.17, 15) is 0 Å². The van der Waals surface area contributed by atoms with Crippen LogP contribution < -0.4 is 9.47 Å². The molecule has 1 aliphatic rings. The van der Waals surface area contributed by atoms with Crippen LogP contribution in [-0.4, -0.2) is 30.4 Å². The monoisotopic (exact) mass is 220 g/mol. The van der Waals surface area contributed by atoms with E-state index in [4.69, 9.17) is 19.5 Å². The van der Waals surface area contributed by atoms with Crippen LogP contribution in [0.15, 0.2) is 24.2 Å². The van der Waals surface area contributed by atoms with Crippen molar-refractivity contribution in [3.05, 3.63) is 29.7 Å². The van der Waals surface area contributed by atoms with E-state index in [2.05, 4.69) is 0 Å². The maximum atomic E-state index is 8.71. The van der Waals surface area contributed by atoms with Gasteiger partial charge in [0.25, 0.3) is 0 Å². The van der Waals surface area contributed by atoms with Crippen molar-refractivity contribution >= 4 is 13.2 Å². The van der Waals surface area contributed by atoms with Gasteiger partial charge in [0, 0.05) is 6.42 Å². The third-order valence-electron chi connectivity index (χ3n) is 2.23. The molecule has 1 aromatic carbocycles. The second kappa shape index (κ2) is 5.05. The molecule has 0 fully saturated rings. The van der Waals surface area contributed by atoms with Crippen molar-refractivity contribution in [1.82, 2.24) is 0 Å². The van der Waals surface area contributed by atoms with E-state index in [0.717, 1.165) is 17.7 Å². The third kappa shape index (κ3) is 2.78. The summed E-state index contributed by atoms with van der Waals surface area (Å²) >= 11 is 0. The summed E-state index contributed by atoms with van der Waals surface area (Å²) in [4.78, 5) is 0. The molecule has 16 heavy (non-hydrogen) atoms. The average Bonchev–Trinajstić information content (AvgIpc) is 2.50. The lowest BCUT2D eigenvalue weighted by Gasteiger charge is -2.07. The van der Waals surface area contributed by atoms with E-state index in [0.29, 0.717) is 19.0 Å². The average molecular weight is 220 g/mol. The van der Waals surface area contributed by atoms with Crippen LogP contribution in [-0.2, 0) is 0 Å². The molecule has 0 amide bonds. The predicted octanol–water partition coefficient (Wildman–Crippen LogP) is 0.873. The predicted molar refractivity (Wildman–Crippen MR) is 61.3 cm³/mol. The van der Waals surface area contributed by atoms with E-state index in [-0.39, 0.29) is 0 Å². The first-order chi connectivity index (χ1) is 7.75. The summed E-state index contributed by atoms with van der Waals surface area (Å²) in [6.07, 6.45) is 2.49. The zero-order valence-electron chi connectivity index (χ0n) is 8.80. The molecular formula is C11H13BO4. The van der Waals surface area contributed by atoms with Crippen LogP contribution in [0.5, 0.6) is 11.5 Å². The van der Waals surface area contributed by atoms with Crippen molar-refractivity contribution in [2.24, 2.45) is 0 Å². The molecule has 2 N–H and O–H groups in total. The maximum absolute atomic E-state index is 8.71. The normalized spacial score (nSPS) is 14.9. The Kier molecular flexibility index (Phi) is 3.49.